The van der Waals surface area contributed by atoms with Crippen LogP contribution in [0.2, 0.25) is 0 Å². The highest BCUT2D eigenvalue weighted by Gasteiger charge is 2.54. The van der Waals surface area contributed by atoms with Crippen LogP contribution in [-0.2, 0) is 4.79 Å². The van der Waals surface area contributed by atoms with E-state index < -0.39 is 5.41 Å². The van der Waals surface area contributed by atoms with Crippen molar-refractivity contribution in [1.82, 2.24) is 14.8 Å². The Morgan fingerprint density at radius 2 is 1.90 bits per heavy atom. The van der Waals surface area contributed by atoms with Gasteiger partial charge >= 0.3 is 0 Å². The second-order valence-corrected chi connectivity index (χ2v) is 8.70. The van der Waals surface area contributed by atoms with E-state index in [1.807, 2.05) is 49.3 Å². The Morgan fingerprint density at radius 3 is 2.55 bits per heavy atom. The summed E-state index contributed by atoms with van der Waals surface area (Å²) >= 11 is 0. The van der Waals surface area contributed by atoms with Gasteiger partial charge < -0.3 is 19.4 Å². The summed E-state index contributed by atoms with van der Waals surface area (Å²) in [5.74, 6) is 1.81. The molecule has 3 heterocycles. The molecule has 164 valence electrons. The number of ether oxygens (including phenoxy) is 1. The van der Waals surface area contributed by atoms with Crippen LogP contribution in [0.3, 0.4) is 0 Å². The number of pyridine rings is 1. The van der Waals surface area contributed by atoms with E-state index in [2.05, 4.69) is 9.88 Å². The van der Waals surface area contributed by atoms with Crippen LogP contribution in [0.25, 0.3) is 0 Å². The zero-order valence-corrected chi connectivity index (χ0v) is 18.5. The van der Waals surface area contributed by atoms with Crippen LogP contribution < -0.4 is 9.64 Å². The van der Waals surface area contributed by atoms with Gasteiger partial charge in [-0.05, 0) is 49.2 Å². The van der Waals surface area contributed by atoms with Crippen LogP contribution in [0, 0.1) is 11.3 Å². The normalized spacial score (nSPS) is 23.1. The molecule has 0 bridgehead atoms. The minimum absolute atomic E-state index is 0.00652. The van der Waals surface area contributed by atoms with Crippen LogP contribution in [0.5, 0.6) is 5.75 Å². The van der Waals surface area contributed by atoms with E-state index in [0.717, 1.165) is 24.4 Å². The first-order chi connectivity index (χ1) is 14.9. The number of benzene rings is 1. The second kappa shape index (κ2) is 8.57. The van der Waals surface area contributed by atoms with E-state index in [-0.39, 0.29) is 17.7 Å². The van der Waals surface area contributed by atoms with Crippen molar-refractivity contribution in [2.45, 2.75) is 12.8 Å². The van der Waals surface area contributed by atoms with E-state index in [1.54, 1.807) is 30.3 Å². The SMILES string of the molecule is COc1ccc(C(=O)N2CCC[C@]3(C(=O)N(C)C)CN(c4ccccn4)C[C@@H]3C2)cc1. The van der Waals surface area contributed by atoms with Gasteiger partial charge in [-0.15, -0.1) is 0 Å². The number of amides is 2. The summed E-state index contributed by atoms with van der Waals surface area (Å²) in [7, 11) is 5.26. The number of hydrogen-bond acceptors (Lipinski definition) is 5. The van der Waals surface area contributed by atoms with Crippen molar-refractivity contribution in [3.05, 3.63) is 54.2 Å². The van der Waals surface area contributed by atoms with Gasteiger partial charge in [-0.1, -0.05) is 6.07 Å². The van der Waals surface area contributed by atoms with E-state index in [4.69, 9.17) is 4.74 Å². The predicted octanol–water partition coefficient (Wildman–Crippen LogP) is 2.54. The second-order valence-electron chi connectivity index (χ2n) is 8.70. The minimum Gasteiger partial charge on any atom is -0.497 e. The number of rotatable bonds is 4. The monoisotopic (exact) mass is 422 g/mol. The number of likely N-dealkylation sites (tertiary alicyclic amines) is 1. The fourth-order valence-electron chi connectivity index (χ4n) is 5.04. The average Bonchev–Trinajstić information content (AvgIpc) is 3.07. The van der Waals surface area contributed by atoms with Crippen LogP contribution in [0.1, 0.15) is 23.2 Å². The van der Waals surface area contributed by atoms with Crippen LogP contribution in [0.4, 0.5) is 5.82 Å². The Kier molecular flexibility index (Phi) is 5.85. The van der Waals surface area contributed by atoms with Gasteiger partial charge in [-0.25, -0.2) is 4.98 Å². The van der Waals surface area contributed by atoms with Gasteiger partial charge in [0.2, 0.25) is 5.91 Å². The van der Waals surface area contributed by atoms with Crippen molar-refractivity contribution in [3.8, 4) is 5.75 Å². The lowest BCUT2D eigenvalue weighted by molar-refractivity contribution is -0.141. The zero-order chi connectivity index (χ0) is 22.0. The molecule has 1 aromatic heterocycles. The summed E-state index contributed by atoms with van der Waals surface area (Å²) in [6, 6.07) is 13.1. The lowest BCUT2D eigenvalue weighted by Crippen LogP contribution is -2.47. The van der Waals surface area contributed by atoms with Crippen molar-refractivity contribution in [3.63, 3.8) is 0 Å². The average molecular weight is 423 g/mol. The highest BCUT2D eigenvalue weighted by molar-refractivity contribution is 5.94. The van der Waals surface area contributed by atoms with Crippen LogP contribution >= 0.6 is 0 Å². The number of carbonyl (C=O) groups is 2. The maximum Gasteiger partial charge on any atom is 0.253 e. The van der Waals surface area contributed by atoms with Gasteiger partial charge in [0.25, 0.3) is 5.91 Å². The Labute approximate surface area is 183 Å². The molecule has 2 fully saturated rings. The maximum atomic E-state index is 13.4. The third kappa shape index (κ3) is 3.96. The van der Waals surface area contributed by atoms with E-state index >= 15 is 0 Å². The van der Waals surface area contributed by atoms with Gasteiger partial charge in [-0.2, -0.15) is 0 Å². The molecule has 0 aliphatic carbocycles. The molecular weight excluding hydrogens is 392 g/mol. The smallest absolute Gasteiger partial charge is 0.253 e. The largest absolute Gasteiger partial charge is 0.497 e. The Morgan fingerprint density at radius 1 is 1.13 bits per heavy atom. The summed E-state index contributed by atoms with van der Waals surface area (Å²) in [4.78, 5) is 37.0. The van der Waals surface area contributed by atoms with Crippen molar-refractivity contribution < 1.29 is 14.3 Å². The van der Waals surface area contributed by atoms with E-state index in [9.17, 15) is 9.59 Å². The summed E-state index contributed by atoms with van der Waals surface area (Å²) in [5.41, 5.74) is 0.141. The van der Waals surface area contributed by atoms with Gasteiger partial charge in [0, 0.05) is 58.0 Å². The maximum absolute atomic E-state index is 13.4. The summed E-state index contributed by atoms with van der Waals surface area (Å²) < 4.78 is 5.21. The number of aromatic nitrogens is 1. The summed E-state index contributed by atoms with van der Waals surface area (Å²) in [5, 5.41) is 0. The molecule has 0 saturated carbocycles. The van der Waals surface area contributed by atoms with E-state index in [0.29, 0.717) is 31.7 Å². The topological polar surface area (TPSA) is 66.0 Å². The van der Waals surface area contributed by atoms with Gasteiger partial charge in [0.1, 0.15) is 11.6 Å². The molecule has 7 nitrogen and oxygen atoms in total. The third-order valence-electron chi connectivity index (χ3n) is 6.62. The van der Waals surface area contributed by atoms with Crippen LogP contribution in [-0.4, -0.2) is 74.0 Å². The molecule has 1 aromatic carbocycles. The lowest BCUT2D eigenvalue weighted by Gasteiger charge is -2.34. The fourth-order valence-corrected chi connectivity index (χ4v) is 5.04. The molecule has 4 rings (SSSR count). The number of nitrogens with zero attached hydrogens (tertiary/aromatic N) is 4. The number of anilines is 1. The molecule has 31 heavy (non-hydrogen) atoms. The lowest BCUT2D eigenvalue weighted by atomic mass is 9.74. The molecule has 0 N–H and O–H groups in total. The standard InChI is InChI=1S/C24H30N4O3/c1-26(2)23(30)24-12-6-14-27(22(29)18-8-10-20(31-3)11-9-18)15-19(24)16-28(17-24)21-7-4-5-13-25-21/h4-5,7-11,13,19H,6,12,14-17H2,1-3H3/t19-,24-/m0/s1. The third-order valence-corrected chi connectivity index (χ3v) is 6.62. The first kappa shape index (κ1) is 21.2. The molecule has 2 saturated heterocycles. The summed E-state index contributed by atoms with van der Waals surface area (Å²) in [6.45, 7) is 2.57. The molecular formula is C24H30N4O3. The first-order valence-corrected chi connectivity index (χ1v) is 10.8. The van der Waals surface area contributed by atoms with E-state index in [1.165, 1.54) is 0 Å². The number of hydrogen-bond donors (Lipinski definition) is 0. The number of methoxy groups -OCH3 is 1. The van der Waals surface area contributed by atoms with Crippen molar-refractivity contribution in [2.75, 3.05) is 52.3 Å². The zero-order valence-electron chi connectivity index (χ0n) is 18.5. The molecule has 2 aromatic rings. The quantitative estimate of drug-likeness (QED) is 0.758. The Hall–Kier alpha value is -3.09. The molecule has 2 aliphatic heterocycles. The molecule has 0 radical (unpaired) electrons. The number of carbonyl (C=O) groups excluding carboxylic acids is 2. The van der Waals surface area contributed by atoms with Gasteiger partial charge in [-0.3, -0.25) is 9.59 Å². The molecule has 0 spiro atoms. The fraction of sp³-hybridized carbons (Fsp3) is 0.458. The number of fused-ring (bicyclic) bond motifs is 1. The Balaban J connectivity index is 1.61. The Bertz CT molecular complexity index is 932. The molecule has 2 aliphatic rings. The van der Waals surface area contributed by atoms with Crippen molar-refractivity contribution in [2.24, 2.45) is 11.3 Å². The molecule has 7 heteroatoms. The van der Waals surface area contributed by atoms with Crippen LogP contribution in [0.15, 0.2) is 48.7 Å². The highest BCUT2D eigenvalue weighted by Crippen LogP contribution is 2.45. The van der Waals surface area contributed by atoms with Crippen molar-refractivity contribution >= 4 is 17.6 Å². The molecule has 0 unspecified atom stereocenters. The molecule has 2 amide bonds. The molecule has 2 atom stereocenters. The minimum atomic E-state index is -0.504. The summed E-state index contributed by atoms with van der Waals surface area (Å²) in [6.07, 6.45) is 3.35. The van der Waals surface area contributed by atoms with Gasteiger partial charge in [0.05, 0.1) is 12.5 Å². The first-order valence-electron chi connectivity index (χ1n) is 10.8. The van der Waals surface area contributed by atoms with Crippen molar-refractivity contribution in [1.29, 1.82) is 0 Å². The highest BCUT2D eigenvalue weighted by atomic mass is 16.5. The van der Waals surface area contributed by atoms with Gasteiger partial charge in [0.15, 0.2) is 0 Å². The predicted molar refractivity (Wildman–Crippen MR) is 119 cm³/mol.